The van der Waals surface area contributed by atoms with Crippen molar-refractivity contribution in [3.8, 4) is 0 Å². The molecule has 0 bridgehead atoms. The Bertz CT molecular complexity index is 547. The van der Waals surface area contributed by atoms with Crippen molar-refractivity contribution in [1.29, 1.82) is 0 Å². The van der Waals surface area contributed by atoms with Gasteiger partial charge in [0.15, 0.2) is 0 Å². The maximum Gasteiger partial charge on any atom is 0.126 e. The molecule has 2 rings (SSSR count). The fraction of sp³-hybridized carbons (Fsp3) is 0.286. The van der Waals surface area contributed by atoms with E-state index in [9.17, 15) is 0 Å². The van der Waals surface area contributed by atoms with Gasteiger partial charge in [-0.2, -0.15) is 0 Å². The molecule has 5 heteroatoms. The Balaban J connectivity index is 2.28. The number of aromatic nitrogens is 2. The van der Waals surface area contributed by atoms with Gasteiger partial charge in [0, 0.05) is 17.6 Å². The number of nitrogen functional groups attached to an aromatic ring is 1. The molecule has 2 heterocycles. The van der Waals surface area contributed by atoms with E-state index in [1.165, 1.54) is 0 Å². The summed E-state index contributed by atoms with van der Waals surface area (Å²) in [4.78, 5) is 8.46. The van der Waals surface area contributed by atoms with E-state index in [-0.39, 0.29) is 6.04 Å². The van der Waals surface area contributed by atoms with Gasteiger partial charge in [-0.05, 0) is 49.6 Å². The minimum absolute atomic E-state index is 0.00750. The van der Waals surface area contributed by atoms with E-state index in [2.05, 4.69) is 15.4 Å². The Labute approximate surface area is 113 Å². The molecule has 1 unspecified atom stereocenters. The van der Waals surface area contributed by atoms with Crippen LogP contribution in [-0.2, 0) is 6.42 Å². The Morgan fingerprint density at radius 1 is 1.26 bits per heavy atom. The van der Waals surface area contributed by atoms with Gasteiger partial charge in [-0.3, -0.25) is 16.3 Å². The number of rotatable bonds is 4. The summed E-state index contributed by atoms with van der Waals surface area (Å²) in [6.07, 6.45) is 2.38. The Kier molecular flexibility index (Phi) is 4.09. The zero-order valence-corrected chi connectivity index (χ0v) is 11.2. The highest BCUT2D eigenvalue weighted by molar-refractivity contribution is 5.40. The summed E-state index contributed by atoms with van der Waals surface area (Å²) in [6.45, 7) is 3.95. The van der Waals surface area contributed by atoms with Crippen LogP contribution in [0.5, 0.6) is 0 Å². The molecule has 0 saturated heterocycles. The first-order chi connectivity index (χ1) is 9.10. The molecule has 19 heavy (non-hydrogen) atoms. The SMILES string of the molecule is Cc1cc(C(Cc2cccnc2N)NN)cc(C)n1. The van der Waals surface area contributed by atoms with Crippen molar-refractivity contribution >= 4 is 5.82 Å². The second-order valence-corrected chi connectivity index (χ2v) is 4.65. The molecule has 0 aliphatic rings. The second kappa shape index (κ2) is 5.77. The van der Waals surface area contributed by atoms with Crippen LogP contribution in [0.1, 0.15) is 28.6 Å². The Morgan fingerprint density at radius 2 is 1.95 bits per heavy atom. The predicted octanol–water partition coefficient (Wildman–Crippen LogP) is 1.42. The molecule has 100 valence electrons. The summed E-state index contributed by atoms with van der Waals surface area (Å²) in [7, 11) is 0. The molecule has 1 atom stereocenters. The predicted molar refractivity (Wildman–Crippen MR) is 76.1 cm³/mol. The molecule has 0 radical (unpaired) electrons. The maximum absolute atomic E-state index is 5.87. The molecule has 2 aromatic rings. The lowest BCUT2D eigenvalue weighted by Crippen LogP contribution is -2.30. The second-order valence-electron chi connectivity index (χ2n) is 4.65. The summed E-state index contributed by atoms with van der Waals surface area (Å²) in [6, 6.07) is 7.90. The van der Waals surface area contributed by atoms with E-state index >= 15 is 0 Å². The number of hydrogen-bond donors (Lipinski definition) is 3. The van der Waals surface area contributed by atoms with Gasteiger partial charge in [-0.1, -0.05) is 6.07 Å². The van der Waals surface area contributed by atoms with Crippen molar-refractivity contribution in [2.24, 2.45) is 5.84 Å². The molecule has 5 N–H and O–H groups in total. The number of nitrogens with two attached hydrogens (primary N) is 2. The van der Waals surface area contributed by atoms with Crippen LogP contribution in [0.3, 0.4) is 0 Å². The fourth-order valence-corrected chi connectivity index (χ4v) is 2.18. The highest BCUT2D eigenvalue weighted by Crippen LogP contribution is 2.21. The van der Waals surface area contributed by atoms with Crippen LogP contribution in [0.4, 0.5) is 5.82 Å². The van der Waals surface area contributed by atoms with Crippen LogP contribution >= 0.6 is 0 Å². The van der Waals surface area contributed by atoms with Crippen LogP contribution in [0.15, 0.2) is 30.5 Å². The summed E-state index contributed by atoms with van der Waals surface area (Å²) in [5.74, 6) is 6.22. The number of nitrogens with zero attached hydrogens (tertiary/aromatic N) is 2. The van der Waals surface area contributed by atoms with Gasteiger partial charge >= 0.3 is 0 Å². The third kappa shape index (κ3) is 3.27. The van der Waals surface area contributed by atoms with E-state index in [1.807, 2.05) is 38.1 Å². The largest absolute Gasteiger partial charge is 0.383 e. The summed E-state index contributed by atoms with van der Waals surface area (Å²) < 4.78 is 0. The highest BCUT2D eigenvalue weighted by atomic mass is 15.2. The zero-order chi connectivity index (χ0) is 13.8. The standard InChI is InChI=1S/C14H19N5/c1-9-6-12(7-10(2)18-9)13(19-16)8-11-4-3-5-17-14(11)15/h3-7,13,19H,8,16H2,1-2H3,(H2,15,17). The van der Waals surface area contributed by atoms with E-state index < -0.39 is 0 Å². The Morgan fingerprint density at radius 3 is 2.53 bits per heavy atom. The van der Waals surface area contributed by atoms with Crippen molar-refractivity contribution in [2.75, 3.05) is 5.73 Å². The molecule has 0 aliphatic carbocycles. The van der Waals surface area contributed by atoms with E-state index in [0.29, 0.717) is 12.2 Å². The quantitative estimate of drug-likeness (QED) is 0.569. The first-order valence-corrected chi connectivity index (χ1v) is 6.21. The van der Waals surface area contributed by atoms with Crippen molar-refractivity contribution in [2.45, 2.75) is 26.3 Å². The molecule has 5 nitrogen and oxygen atoms in total. The average Bonchev–Trinajstić information content (AvgIpc) is 2.36. The first kappa shape index (κ1) is 13.5. The summed E-state index contributed by atoms with van der Waals surface area (Å²) >= 11 is 0. The number of pyridine rings is 2. The van der Waals surface area contributed by atoms with E-state index in [1.54, 1.807) is 6.20 Å². The van der Waals surface area contributed by atoms with Gasteiger partial charge in [0.25, 0.3) is 0 Å². The van der Waals surface area contributed by atoms with Crippen LogP contribution in [0.2, 0.25) is 0 Å². The van der Waals surface area contributed by atoms with Crippen LogP contribution in [0, 0.1) is 13.8 Å². The van der Waals surface area contributed by atoms with Gasteiger partial charge < -0.3 is 5.73 Å². The van der Waals surface area contributed by atoms with E-state index in [0.717, 1.165) is 22.5 Å². The molecule has 0 spiro atoms. The number of nitrogens with one attached hydrogen (secondary N) is 1. The molecular weight excluding hydrogens is 238 g/mol. The highest BCUT2D eigenvalue weighted by Gasteiger charge is 2.13. The third-order valence-corrected chi connectivity index (χ3v) is 3.06. The fourth-order valence-electron chi connectivity index (χ4n) is 2.18. The summed E-state index contributed by atoms with van der Waals surface area (Å²) in [5, 5.41) is 0. The topological polar surface area (TPSA) is 89.8 Å². The number of hydrogen-bond acceptors (Lipinski definition) is 5. The number of aryl methyl sites for hydroxylation is 2. The zero-order valence-electron chi connectivity index (χ0n) is 11.2. The van der Waals surface area contributed by atoms with Crippen LogP contribution < -0.4 is 17.0 Å². The lowest BCUT2D eigenvalue weighted by Gasteiger charge is -2.18. The molecule has 0 fully saturated rings. The third-order valence-electron chi connectivity index (χ3n) is 3.06. The van der Waals surface area contributed by atoms with Gasteiger partial charge in [0.05, 0.1) is 6.04 Å². The smallest absolute Gasteiger partial charge is 0.126 e. The van der Waals surface area contributed by atoms with Gasteiger partial charge in [-0.15, -0.1) is 0 Å². The van der Waals surface area contributed by atoms with Crippen molar-refractivity contribution in [3.05, 3.63) is 53.0 Å². The summed E-state index contributed by atoms with van der Waals surface area (Å²) in [5.41, 5.74) is 12.8. The molecule has 0 saturated carbocycles. The van der Waals surface area contributed by atoms with Crippen LogP contribution in [0.25, 0.3) is 0 Å². The lowest BCUT2D eigenvalue weighted by molar-refractivity contribution is 0.550. The molecule has 0 aromatic carbocycles. The van der Waals surface area contributed by atoms with Gasteiger partial charge in [-0.25, -0.2) is 4.98 Å². The van der Waals surface area contributed by atoms with Crippen LogP contribution in [-0.4, -0.2) is 9.97 Å². The Hall–Kier alpha value is -1.98. The van der Waals surface area contributed by atoms with E-state index in [4.69, 9.17) is 11.6 Å². The normalized spacial score (nSPS) is 12.4. The molecular formula is C14H19N5. The number of anilines is 1. The average molecular weight is 257 g/mol. The van der Waals surface area contributed by atoms with Crippen molar-refractivity contribution < 1.29 is 0 Å². The molecule has 0 aliphatic heterocycles. The minimum Gasteiger partial charge on any atom is -0.383 e. The van der Waals surface area contributed by atoms with Gasteiger partial charge in [0.1, 0.15) is 5.82 Å². The minimum atomic E-state index is -0.00750. The first-order valence-electron chi connectivity index (χ1n) is 6.21. The molecule has 0 amide bonds. The monoisotopic (exact) mass is 257 g/mol. The van der Waals surface area contributed by atoms with Crippen molar-refractivity contribution in [3.63, 3.8) is 0 Å². The lowest BCUT2D eigenvalue weighted by atomic mass is 9.99. The van der Waals surface area contributed by atoms with Crippen molar-refractivity contribution in [1.82, 2.24) is 15.4 Å². The number of hydrazine groups is 1. The maximum atomic E-state index is 5.87. The molecule has 2 aromatic heterocycles. The van der Waals surface area contributed by atoms with Gasteiger partial charge in [0.2, 0.25) is 0 Å².